The first kappa shape index (κ1) is 47.3. The molecule has 4 rings (SSSR count). The van der Waals surface area contributed by atoms with E-state index in [-0.39, 0.29) is 41.3 Å². The van der Waals surface area contributed by atoms with Crippen molar-refractivity contribution in [3.8, 4) is 0 Å². The number of hydrogen-bond acceptors (Lipinski definition) is 11. The predicted molar refractivity (Wildman–Crippen MR) is 215 cm³/mol. The summed E-state index contributed by atoms with van der Waals surface area (Å²) in [5.41, 5.74) is -1.00. The van der Waals surface area contributed by atoms with Gasteiger partial charge in [-0.25, -0.2) is 0 Å². The maximum absolute atomic E-state index is 12.3. The summed E-state index contributed by atoms with van der Waals surface area (Å²) in [5, 5.41) is 35.3. The molecule has 55 heavy (non-hydrogen) atoms. The van der Waals surface area contributed by atoms with Gasteiger partial charge in [-0.05, 0) is 114 Å². The maximum Gasteiger partial charge on any atom is 0.306 e. The molecule has 0 saturated carbocycles. The van der Waals surface area contributed by atoms with Crippen LogP contribution in [0.25, 0.3) is 0 Å². The fourth-order valence-electron chi connectivity index (χ4n) is 9.34. The molecule has 0 aromatic heterocycles. The van der Waals surface area contributed by atoms with E-state index in [1.165, 1.54) is 20.8 Å². The van der Waals surface area contributed by atoms with Crippen LogP contribution in [0.15, 0.2) is 30.3 Å². The molecule has 3 N–H and O–H groups in total. The number of ether oxygens (including phenoxy) is 3. The summed E-state index contributed by atoms with van der Waals surface area (Å²) in [4.78, 5) is 24.6. The van der Waals surface area contributed by atoms with Crippen molar-refractivity contribution in [1.29, 1.82) is 0 Å². The van der Waals surface area contributed by atoms with E-state index < -0.39 is 22.2 Å². The number of nitrogens with zero attached hydrogens (tertiary/aromatic N) is 3. The zero-order valence-corrected chi connectivity index (χ0v) is 36.4. The molecule has 3 heterocycles. The zero-order valence-electron chi connectivity index (χ0n) is 36.4. The second-order valence-electron chi connectivity index (χ2n) is 20.3. The van der Waals surface area contributed by atoms with Gasteiger partial charge in [-0.2, -0.15) is 15.2 Å². The standard InChI is InChI=1S/C28H52N2O6.C16H25NO2/c1-25(2)17-21(18-26(3,4)29(25)33)35-23(31)15-13-11-9-10-12-14-16-24(32)36-22-19-27(5,6)30(34)28(7,8)20-22;1-15(2)10-14(11-16(3,4)17(15)18)19-12-13-8-6-5-7-9-13/h21-22,33-34H,9-20H2,1-8H3;5-9,14,18H,10-12H2,1-4H3. The van der Waals surface area contributed by atoms with Crippen LogP contribution in [-0.4, -0.2) is 94.3 Å². The van der Waals surface area contributed by atoms with E-state index >= 15 is 0 Å². The van der Waals surface area contributed by atoms with Crippen molar-refractivity contribution in [3.63, 3.8) is 0 Å². The van der Waals surface area contributed by atoms with E-state index in [1.807, 2.05) is 73.6 Å². The number of hydrogen-bond donors (Lipinski definition) is 3. The summed E-state index contributed by atoms with van der Waals surface area (Å²) < 4.78 is 17.5. The molecular formula is C44H77N3O8. The van der Waals surface area contributed by atoms with Crippen LogP contribution in [0.2, 0.25) is 0 Å². The number of piperidine rings is 3. The lowest BCUT2D eigenvalue weighted by Crippen LogP contribution is -2.60. The zero-order chi connectivity index (χ0) is 41.5. The number of carbonyl (C=O) groups is 2. The fourth-order valence-corrected chi connectivity index (χ4v) is 9.34. The summed E-state index contributed by atoms with van der Waals surface area (Å²) in [6.45, 7) is 24.6. The quantitative estimate of drug-likeness (QED) is 0.123. The lowest BCUT2D eigenvalue weighted by Gasteiger charge is -2.51. The molecule has 0 unspecified atom stereocenters. The van der Waals surface area contributed by atoms with Gasteiger partial charge < -0.3 is 29.8 Å². The van der Waals surface area contributed by atoms with Crippen molar-refractivity contribution < 1.29 is 39.4 Å². The van der Waals surface area contributed by atoms with Crippen LogP contribution in [0.5, 0.6) is 0 Å². The Bertz CT molecular complexity index is 1250. The Kier molecular flexibility index (Phi) is 16.4. The number of rotatable bonds is 14. The Morgan fingerprint density at radius 1 is 0.509 bits per heavy atom. The van der Waals surface area contributed by atoms with Gasteiger partial charge in [-0.3, -0.25) is 9.59 Å². The largest absolute Gasteiger partial charge is 0.462 e. The highest BCUT2D eigenvalue weighted by molar-refractivity contribution is 5.70. The normalized spacial score (nSPS) is 24.1. The summed E-state index contributed by atoms with van der Waals surface area (Å²) >= 11 is 0. The Balaban J connectivity index is 0.000000357. The summed E-state index contributed by atoms with van der Waals surface area (Å²) in [6.07, 6.45) is 10.5. The molecule has 11 heteroatoms. The highest BCUT2D eigenvalue weighted by Crippen LogP contribution is 2.40. The molecule has 1 aromatic carbocycles. The van der Waals surface area contributed by atoms with Crippen molar-refractivity contribution in [1.82, 2.24) is 15.2 Å². The Hall–Kier alpha value is -2.12. The second kappa shape index (κ2) is 19.1. The average Bonchev–Trinajstić information content (AvgIpc) is 3.05. The van der Waals surface area contributed by atoms with Gasteiger partial charge in [0.25, 0.3) is 0 Å². The van der Waals surface area contributed by atoms with E-state index in [0.717, 1.165) is 51.4 Å². The van der Waals surface area contributed by atoms with Gasteiger partial charge in [0.2, 0.25) is 0 Å². The molecule has 0 amide bonds. The summed E-state index contributed by atoms with van der Waals surface area (Å²) in [7, 11) is 0. The molecule has 1 aromatic rings. The molecular weight excluding hydrogens is 698 g/mol. The lowest BCUT2D eigenvalue weighted by atomic mass is 9.80. The van der Waals surface area contributed by atoms with E-state index in [1.54, 1.807) is 0 Å². The van der Waals surface area contributed by atoms with Gasteiger partial charge in [0.05, 0.1) is 12.7 Å². The minimum Gasteiger partial charge on any atom is -0.462 e. The first-order valence-electron chi connectivity index (χ1n) is 20.8. The van der Waals surface area contributed by atoms with Crippen molar-refractivity contribution in [2.75, 3.05) is 0 Å². The molecule has 0 bridgehead atoms. The van der Waals surface area contributed by atoms with Crippen molar-refractivity contribution in [2.24, 2.45) is 0 Å². The molecule has 0 atom stereocenters. The van der Waals surface area contributed by atoms with Crippen LogP contribution < -0.4 is 0 Å². The van der Waals surface area contributed by atoms with Gasteiger partial charge in [-0.15, -0.1) is 0 Å². The van der Waals surface area contributed by atoms with Gasteiger partial charge in [0, 0.05) is 71.8 Å². The van der Waals surface area contributed by atoms with Gasteiger partial charge >= 0.3 is 11.9 Å². The highest BCUT2D eigenvalue weighted by Gasteiger charge is 2.48. The van der Waals surface area contributed by atoms with Crippen LogP contribution in [0.3, 0.4) is 0 Å². The minimum absolute atomic E-state index is 0.154. The van der Waals surface area contributed by atoms with Crippen LogP contribution in [-0.2, 0) is 30.4 Å². The van der Waals surface area contributed by atoms with Crippen LogP contribution in [0.1, 0.15) is 179 Å². The predicted octanol–water partition coefficient (Wildman–Crippen LogP) is 9.63. The number of unbranched alkanes of at least 4 members (excludes halogenated alkanes) is 5. The monoisotopic (exact) mass is 776 g/mol. The van der Waals surface area contributed by atoms with Gasteiger partial charge in [0.15, 0.2) is 0 Å². The number of benzene rings is 1. The average molecular weight is 776 g/mol. The molecule has 316 valence electrons. The van der Waals surface area contributed by atoms with Crippen LogP contribution in [0.4, 0.5) is 0 Å². The third-order valence-corrected chi connectivity index (χ3v) is 11.7. The van der Waals surface area contributed by atoms with Crippen molar-refractivity contribution >= 4 is 11.9 Å². The van der Waals surface area contributed by atoms with Crippen molar-refractivity contribution in [2.45, 2.75) is 231 Å². The molecule has 11 nitrogen and oxygen atoms in total. The molecule has 0 aliphatic carbocycles. The smallest absolute Gasteiger partial charge is 0.306 e. The molecule has 3 aliphatic heterocycles. The Labute approximate surface area is 332 Å². The number of hydroxylamine groups is 6. The van der Waals surface area contributed by atoms with Gasteiger partial charge in [0.1, 0.15) is 12.2 Å². The highest BCUT2D eigenvalue weighted by atomic mass is 16.6. The van der Waals surface area contributed by atoms with Crippen LogP contribution in [0, 0.1) is 0 Å². The van der Waals surface area contributed by atoms with E-state index in [9.17, 15) is 25.2 Å². The SMILES string of the molecule is CC1(C)CC(OC(=O)CCCCCCCCC(=O)OC2CC(C)(C)N(O)C(C)(C)C2)CC(C)(C)N1O.CC1(C)CC(OCc2ccccc2)CC(C)(C)N1O. The number of carbonyl (C=O) groups excluding carboxylic acids is 2. The first-order valence-corrected chi connectivity index (χ1v) is 20.8. The Morgan fingerprint density at radius 3 is 1.13 bits per heavy atom. The fraction of sp³-hybridized carbons (Fsp3) is 0.818. The topological polar surface area (TPSA) is 132 Å². The maximum atomic E-state index is 12.3. The molecule has 0 radical (unpaired) electrons. The third-order valence-electron chi connectivity index (χ3n) is 11.7. The van der Waals surface area contributed by atoms with Crippen molar-refractivity contribution in [3.05, 3.63) is 35.9 Å². The van der Waals surface area contributed by atoms with Crippen LogP contribution >= 0.6 is 0 Å². The minimum atomic E-state index is -0.427. The molecule has 0 spiro atoms. The summed E-state index contributed by atoms with van der Waals surface area (Å²) in [5.74, 6) is -0.307. The molecule has 3 fully saturated rings. The Morgan fingerprint density at radius 2 is 0.800 bits per heavy atom. The number of esters is 2. The summed E-state index contributed by atoms with van der Waals surface area (Å²) in [6, 6.07) is 10.2. The van der Waals surface area contributed by atoms with E-state index in [2.05, 4.69) is 39.8 Å². The molecule has 3 aliphatic rings. The third kappa shape index (κ3) is 14.0. The van der Waals surface area contributed by atoms with Gasteiger partial charge in [-0.1, -0.05) is 56.0 Å². The molecule has 3 saturated heterocycles. The lowest BCUT2D eigenvalue weighted by molar-refractivity contribution is -0.262. The second-order valence-corrected chi connectivity index (χ2v) is 20.3. The first-order chi connectivity index (χ1) is 25.3. The van der Waals surface area contributed by atoms with E-state index in [0.29, 0.717) is 45.1 Å². The van der Waals surface area contributed by atoms with E-state index in [4.69, 9.17) is 14.2 Å².